The van der Waals surface area contributed by atoms with Gasteiger partial charge in [0.15, 0.2) is 0 Å². The molecule has 6 aromatic carbocycles. The summed E-state index contributed by atoms with van der Waals surface area (Å²) in [6, 6.07) is 54.7. The van der Waals surface area contributed by atoms with Crippen molar-refractivity contribution in [2.24, 2.45) is 0 Å². The molecule has 294 valence electrons. The van der Waals surface area contributed by atoms with E-state index in [9.17, 15) is 0 Å². The van der Waals surface area contributed by atoms with E-state index in [1.54, 1.807) is 0 Å². The first-order valence-corrected chi connectivity index (χ1v) is 23.0. The molecule has 6 nitrogen and oxygen atoms in total. The standard InChI is InChI=1S/C50H44BN5OSi.Pt/c1-34-16-14-17-35(2)48(34)51-55(38-20-12-9-13-21-38)41-26-24-39(31-43(41)56(51)47-30-36(28-29-52-47)50(3,4)5)57-40-25-27-45-44(32-40)54-33-53(37-18-10-8-11-19-37)42-22-15-23-46(49(42)54)58(45,6)7;/h8-30H,1-7H3;/q-2;. The fourth-order valence-electron chi connectivity index (χ4n) is 8.94. The second-order valence-electron chi connectivity index (χ2n) is 17.1. The van der Waals surface area contributed by atoms with E-state index in [1.807, 2.05) is 18.3 Å². The van der Waals surface area contributed by atoms with E-state index < -0.39 is 8.07 Å². The van der Waals surface area contributed by atoms with E-state index in [0.29, 0.717) is 11.5 Å². The van der Waals surface area contributed by atoms with Gasteiger partial charge >= 0.3 is 6.98 Å². The molecule has 0 radical (unpaired) electrons. The number of pyridine rings is 1. The molecule has 0 bridgehead atoms. The van der Waals surface area contributed by atoms with Crippen LogP contribution in [-0.4, -0.2) is 24.6 Å². The van der Waals surface area contributed by atoms with Crippen LogP contribution >= 0.6 is 0 Å². The Morgan fingerprint density at radius 2 is 1.36 bits per heavy atom. The molecule has 0 amide bonds. The van der Waals surface area contributed by atoms with Crippen molar-refractivity contribution in [1.82, 2.24) is 9.55 Å². The van der Waals surface area contributed by atoms with Gasteiger partial charge in [0.25, 0.3) is 6.33 Å². The number of rotatable bonds is 6. The minimum atomic E-state index is -2.10. The quantitative estimate of drug-likeness (QED) is 0.0948. The van der Waals surface area contributed by atoms with Gasteiger partial charge in [-0.2, -0.15) is 6.07 Å². The van der Waals surface area contributed by atoms with Gasteiger partial charge in [-0.05, 0) is 72.4 Å². The first-order chi connectivity index (χ1) is 28.0. The maximum absolute atomic E-state index is 6.81. The third-order valence-corrected chi connectivity index (χ3v) is 15.4. The number of ether oxygens (including phenoxy) is 1. The zero-order valence-corrected chi connectivity index (χ0v) is 37.6. The van der Waals surface area contributed by atoms with Gasteiger partial charge in [0, 0.05) is 52.5 Å². The second-order valence-corrected chi connectivity index (χ2v) is 21.4. The van der Waals surface area contributed by atoms with Crippen molar-refractivity contribution in [2.75, 3.05) is 9.62 Å². The Bertz CT molecular complexity index is 2870. The summed E-state index contributed by atoms with van der Waals surface area (Å²) in [5.74, 6) is 2.10. The summed E-state index contributed by atoms with van der Waals surface area (Å²) >= 11 is 0. The average molecular weight is 965 g/mol. The Labute approximate surface area is 363 Å². The second kappa shape index (κ2) is 14.5. The molecule has 0 saturated heterocycles. The van der Waals surface area contributed by atoms with Crippen LogP contribution in [0.4, 0.5) is 22.9 Å². The predicted octanol–water partition coefficient (Wildman–Crippen LogP) is 9.23. The molecular formula is C50H44BN5OPtSi-2. The molecule has 0 aliphatic carbocycles. The number of anilines is 4. The number of nitrogens with zero attached hydrogens (tertiary/aromatic N) is 5. The summed E-state index contributed by atoms with van der Waals surface area (Å²) < 4.78 is 11.2. The molecule has 0 unspecified atom stereocenters. The van der Waals surface area contributed by atoms with Gasteiger partial charge in [0.05, 0.1) is 16.7 Å². The molecule has 4 heterocycles. The molecule has 0 saturated carbocycles. The summed E-state index contributed by atoms with van der Waals surface area (Å²) in [6.07, 6.45) is 5.63. The molecule has 0 spiro atoms. The number of para-hydroxylation sites is 3. The number of aromatic nitrogens is 3. The Morgan fingerprint density at radius 1 is 0.695 bits per heavy atom. The predicted molar refractivity (Wildman–Crippen MR) is 240 cm³/mol. The normalized spacial score (nSPS) is 13.9. The topological polar surface area (TPSA) is 37.4 Å². The van der Waals surface area contributed by atoms with Crippen LogP contribution in [0.5, 0.6) is 11.5 Å². The van der Waals surface area contributed by atoms with Gasteiger partial charge in [-0.25, -0.2) is 4.98 Å². The van der Waals surface area contributed by atoms with E-state index in [4.69, 9.17) is 9.72 Å². The van der Waals surface area contributed by atoms with Crippen LogP contribution < -0.4 is 34.8 Å². The number of hydrogen-bond acceptors (Lipinski definition) is 4. The van der Waals surface area contributed by atoms with Gasteiger partial charge in [-0.3, -0.25) is 4.57 Å². The first-order valence-electron chi connectivity index (χ1n) is 20.0. The molecule has 0 N–H and O–H groups in total. The fraction of sp³-hybridized carbons (Fsp3) is 0.160. The van der Waals surface area contributed by atoms with Crippen LogP contribution in [0.3, 0.4) is 0 Å². The van der Waals surface area contributed by atoms with Crippen LogP contribution in [0.25, 0.3) is 22.4 Å². The minimum absolute atomic E-state index is 0. The molecule has 9 heteroatoms. The molecule has 2 aromatic heterocycles. The van der Waals surface area contributed by atoms with Gasteiger partial charge in [0.1, 0.15) is 5.82 Å². The molecule has 59 heavy (non-hydrogen) atoms. The van der Waals surface area contributed by atoms with E-state index in [0.717, 1.165) is 39.8 Å². The number of imidazole rings is 1. The van der Waals surface area contributed by atoms with Crippen molar-refractivity contribution in [1.29, 1.82) is 0 Å². The summed E-state index contributed by atoms with van der Waals surface area (Å²) in [5, 5.41) is 2.69. The van der Waals surface area contributed by atoms with Crippen molar-refractivity contribution in [3.8, 4) is 22.9 Å². The number of fused-ring (bicyclic) bond motifs is 3. The maximum atomic E-state index is 6.81. The number of aryl methyl sites for hydroxylation is 2. The summed E-state index contributed by atoms with van der Waals surface area (Å²) in [5.41, 5.74) is 12.2. The number of benzene rings is 6. The largest absolute Gasteiger partial charge is 0.510 e. The molecule has 8 aromatic rings. The van der Waals surface area contributed by atoms with E-state index in [-0.39, 0.29) is 33.5 Å². The average Bonchev–Trinajstić information content (AvgIpc) is 3.77. The van der Waals surface area contributed by atoms with Gasteiger partial charge in [-0.15, -0.1) is 35.5 Å². The third kappa shape index (κ3) is 6.36. The van der Waals surface area contributed by atoms with Crippen molar-refractivity contribution in [3.05, 3.63) is 175 Å². The molecule has 2 aliphatic rings. The fourth-order valence-corrected chi connectivity index (χ4v) is 11.8. The van der Waals surface area contributed by atoms with Gasteiger partial charge in [-0.1, -0.05) is 134 Å². The third-order valence-electron chi connectivity index (χ3n) is 11.9. The zero-order chi connectivity index (χ0) is 39.9. The molecule has 0 fully saturated rings. The summed E-state index contributed by atoms with van der Waals surface area (Å²) in [6.45, 7) is 15.8. The Balaban J connectivity index is 0.00000449. The smallest absolute Gasteiger partial charge is 0.409 e. The zero-order valence-electron chi connectivity index (χ0n) is 34.3. The molecule has 10 rings (SSSR count). The number of hydrogen-bond donors (Lipinski definition) is 0. The van der Waals surface area contributed by atoms with Crippen molar-refractivity contribution in [2.45, 2.75) is 53.1 Å². The summed E-state index contributed by atoms with van der Waals surface area (Å²) in [7, 11) is -2.10. The van der Waals surface area contributed by atoms with E-state index >= 15 is 0 Å². The Kier molecular flexibility index (Phi) is 9.57. The van der Waals surface area contributed by atoms with Crippen LogP contribution in [0, 0.1) is 32.3 Å². The summed E-state index contributed by atoms with van der Waals surface area (Å²) in [4.78, 5) is 9.82. The Hall–Kier alpha value is -5.69. The molecule has 2 aliphatic heterocycles. The van der Waals surface area contributed by atoms with Crippen LogP contribution in [0.15, 0.2) is 140 Å². The van der Waals surface area contributed by atoms with Crippen molar-refractivity contribution >= 4 is 64.8 Å². The first kappa shape index (κ1) is 38.8. The van der Waals surface area contributed by atoms with Crippen LogP contribution in [0.2, 0.25) is 13.1 Å². The van der Waals surface area contributed by atoms with E-state index in [1.165, 1.54) is 38.0 Å². The van der Waals surface area contributed by atoms with Crippen LogP contribution in [0.1, 0.15) is 37.5 Å². The Morgan fingerprint density at radius 3 is 2.07 bits per heavy atom. The van der Waals surface area contributed by atoms with Crippen molar-refractivity contribution < 1.29 is 30.4 Å². The van der Waals surface area contributed by atoms with Crippen LogP contribution in [-0.2, 0) is 26.5 Å². The molecular weight excluding hydrogens is 921 g/mol. The minimum Gasteiger partial charge on any atom is -0.510 e. The molecule has 0 atom stereocenters. The van der Waals surface area contributed by atoms with Gasteiger partial charge < -0.3 is 18.9 Å². The maximum Gasteiger partial charge on any atom is 0.409 e. The van der Waals surface area contributed by atoms with E-state index in [2.05, 4.69) is 206 Å². The monoisotopic (exact) mass is 964 g/mol. The SMILES string of the molecule is Cc1cccc(C)c1B1N(c2cc(C(C)(C)C)ccn2)c2[c-]c(Oc3[c-]c4c(cc3)[Si](C)(C)c3cccc5c3n-4[c-][n+]5-c3ccccc3)ccc2N1c1ccccc1.[Pt]. The van der Waals surface area contributed by atoms with Crippen molar-refractivity contribution in [3.63, 3.8) is 0 Å². The van der Waals surface area contributed by atoms with Gasteiger partial charge in [0.2, 0.25) is 0 Å².